The maximum absolute atomic E-state index is 2.29. The van der Waals surface area contributed by atoms with Gasteiger partial charge >= 0.3 is 59.4 Å². The summed E-state index contributed by atoms with van der Waals surface area (Å²) in [6.45, 7) is 2.29. The van der Waals surface area contributed by atoms with Crippen molar-refractivity contribution in [2.45, 2.75) is 12.0 Å². The van der Waals surface area contributed by atoms with Gasteiger partial charge in [0.05, 0.1) is 0 Å². The molecule has 0 heterocycles. The molecule has 0 spiro atoms. The Morgan fingerprint density at radius 2 is 2.29 bits per heavy atom. The van der Waals surface area contributed by atoms with E-state index in [0.717, 1.165) is 5.92 Å². The molecule has 38 valence electrons. The van der Waals surface area contributed by atoms with Gasteiger partial charge in [0, 0.05) is 0 Å². The van der Waals surface area contributed by atoms with Crippen LogP contribution in [0.2, 0.25) is 5.09 Å². The summed E-state index contributed by atoms with van der Waals surface area (Å²) in [6.07, 6.45) is 2.16. The third-order valence-electron chi connectivity index (χ3n) is 1.15. The normalized spacial score (nSPS) is 14.3. The molecule has 7 heavy (non-hydrogen) atoms. The van der Waals surface area contributed by atoms with Gasteiger partial charge in [0.25, 0.3) is 0 Å². The van der Waals surface area contributed by atoms with Crippen molar-refractivity contribution in [1.82, 2.24) is 0 Å². The van der Waals surface area contributed by atoms with Crippen LogP contribution in [0.1, 0.15) is 6.92 Å². The van der Waals surface area contributed by atoms with E-state index >= 15 is 0 Å². The molecule has 0 fully saturated rings. The van der Waals surface area contributed by atoms with Crippen molar-refractivity contribution in [3.05, 3.63) is 0 Å². The summed E-state index contributed by atoms with van der Waals surface area (Å²) in [7, 11) is 0. The molecule has 0 amide bonds. The van der Waals surface area contributed by atoms with Gasteiger partial charge in [0.2, 0.25) is 0 Å². The molecule has 0 aliphatic carbocycles. The fourth-order valence-electron chi connectivity index (χ4n) is 0.402. The van der Waals surface area contributed by atoms with Crippen LogP contribution < -0.4 is 0 Å². The first-order chi connectivity index (χ1) is 3.31. The molecule has 0 nitrogen and oxygen atoms in total. The van der Waals surface area contributed by atoms with Crippen LogP contribution in [-0.2, 0) is 0 Å². The topological polar surface area (TPSA) is 0 Å². The van der Waals surface area contributed by atoms with E-state index in [9.17, 15) is 0 Å². The van der Waals surface area contributed by atoms with Gasteiger partial charge in [-0.15, -0.1) is 0 Å². The molecule has 0 bridgehead atoms. The SMILES string of the molecule is [Li][CH2]C(C)CSC. The predicted octanol–water partition coefficient (Wildman–Crippen LogP) is 1.57. The number of hydrogen-bond donors (Lipinski definition) is 0. The van der Waals surface area contributed by atoms with Crippen LogP contribution in [0.25, 0.3) is 0 Å². The van der Waals surface area contributed by atoms with Gasteiger partial charge in [-0.2, -0.15) is 0 Å². The second kappa shape index (κ2) is 5.09. The fraction of sp³-hybridized carbons (Fsp3) is 1.00. The van der Waals surface area contributed by atoms with E-state index in [1.54, 1.807) is 0 Å². The van der Waals surface area contributed by atoms with E-state index in [1.165, 1.54) is 10.8 Å². The van der Waals surface area contributed by atoms with Crippen LogP contribution in [0.4, 0.5) is 0 Å². The van der Waals surface area contributed by atoms with E-state index in [2.05, 4.69) is 30.9 Å². The van der Waals surface area contributed by atoms with Gasteiger partial charge in [-0.3, -0.25) is 0 Å². The first kappa shape index (κ1) is 7.95. The van der Waals surface area contributed by atoms with Gasteiger partial charge < -0.3 is 0 Å². The fourth-order valence-corrected chi connectivity index (χ4v) is 1.21. The van der Waals surface area contributed by atoms with E-state index in [-0.39, 0.29) is 0 Å². The second-order valence-electron chi connectivity index (χ2n) is 1.97. The van der Waals surface area contributed by atoms with E-state index in [0.29, 0.717) is 0 Å². The molecule has 0 radical (unpaired) electrons. The Morgan fingerprint density at radius 1 is 1.71 bits per heavy atom. The van der Waals surface area contributed by atoms with Crippen molar-refractivity contribution in [2.75, 3.05) is 12.0 Å². The molecular weight excluding hydrogens is 99.1 g/mol. The summed E-state index contributed by atoms with van der Waals surface area (Å²) < 4.78 is 0. The minimum atomic E-state index is 0.912. The summed E-state index contributed by atoms with van der Waals surface area (Å²) in [5.74, 6) is 2.23. The molecule has 0 aromatic rings. The molecular formula is C5H11LiS. The zero-order valence-corrected chi connectivity index (χ0v) is 6.22. The van der Waals surface area contributed by atoms with Crippen LogP contribution in [0.5, 0.6) is 0 Å². The summed E-state index contributed by atoms with van der Waals surface area (Å²) >= 11 is 4.17. The van der Waals surface area contributed by atoms with Crippen LogP contribution in [-0.4, -0.2) is 29.7 Å². The van der Waals surface area contributed by atoms with Crippen LogP contribution in [0.15, 0.2) is 0 Å². The Bertz CT molecular complexity index is 39.1. The summed E-state index contributed by atoms with van der Waals surface area (Å²) in [5.41, 5.74) is 0. The van der Waals surface area contributed by atoms with Crippen LogP contribution in [0, 0.1) is 5.92 Å². The molecule has 0 aliphatic rings. The zero-order chi connectivity index (χ0) is 5.70. The molecule has 0 rings (SSSR count). The molecule has 0 aliphatic heterocycles. The van der Waals surface area contributed by atoms with Crippen molar-refractivity contribution < 1.29 is 0 Å². The average Bonchev–Trinajstić information content (AvgIpc) is 1.68. The Labute approximate surface area is 59.6 Å². The van der Waals surface area contributed by atoms with E-state index in [4.69, 9.17) is 0 Å². The van der Waals surface area contributed by atoms with Gasteiger partial charge in [0.1, 0.15) is 0 Å². The third-order valence-corrected chi connectivity index (χ3v) is 2.05. The van der Waals surface area contributed by atoms with Gasteiger partial charge in [-0.1, -0.05) is 0 Å². The molecule has 1 unspecified atom stereocenters. The van der Waals surface area contributed by atoms with Crippen molar-refractivity contribution in [3.63, 3.8) is 0 Å². The summed E-state index contributed by atoms with van der Waals surface area (Å²) in [6, 6.07) is 0. The van der Waals surface area contributed by atoms with Gasteiger partial charge in [0.15, 0.2) is 0 Å². The number of rotatable bonds is 3. The minimum absolute atomic E-state index is 0.912. The monoisotopic (exact) mass is 110 g/mol. The molecule has 0 saturated heterocycles. The first-order valence-electron chi connectivity index (χ1n) is 2.80. The molecule has 0 aromatic heterocycles. The molecule has 2 heteroatoms. The van der Waals surface area contributed by atoms with Crippen molar-refractivity contribution in [2.24, 2.45) is 5.92 Å². The van der Waals surface area contributed by atoms with E-state index < -0.39 is 0 Å². The van der Waals surface area contributed by atoms with Gasteiger partial charge in [-0.25, -0.2) is 0 Å². The summed E-state index contributed by atoms with van der Waals surface area (Å²) in [4.78, 5) is 0. The Morgan fingerprint density at radius 3 is 2.43 bits per heavy atom. The van der Waals surface area contributed by atoms with Crippen molar-refractivity contribution in [1.29, 1.82) is 0 Å². The van der Waals surface area contributed by atoms with Crippen molar-refractivity contribution in [3.8, 4) is 0 Å². The van der Waals surface area contributed by atoms with E-state index in [1.807, 2.05) is 11.8 Å². The standard InChI is InChI=1S/C5H11S.Li/c1-5(2)4-6-3;/h5H,1,4H2,2-3H3;. The third kappa shape index (κ3) is 4.81. The summed E-state index contributed by atoms with van der Waals surface area (Å²) in [5, 5.41) is 1.32. The Hall–Kier alpha value is 0.947. The van der Waals surface area contributed by atoms with Gasteiger partial charge in [-0.05, 0) is 0 Å². The van der Waals surface area contributed by atoms with Crippen LogP contribution >= 0.6 is 11.8 Å². The maximum atomic E-state index is 2.29. The molecule has 1 atom stereocenters. The van der Waals surface area contributed by atoms with Crippen molar-refractivity contribution >= 4 is 29.5 Å². The predicted molar refractivity (Wildman–Crippen MR) is 38.1 cm³/mol. The molecule has 0 saturated carbocycles. The zero-order valence-electron chi connectivity index (χ0n) is 5.40. The Balaban J connectivity index is 2.83. The number of hydrogen-bond acceptors (Lipinski definition) is 1. The molecule has 0 aromatic carbocycles. The quantitative estimate of drug-likeness (QED) is 0.497. The molecule has 0 N–H and O–H groups in total. The first-order valence-corrected chi connectivity index (χ1v) is 4.19. The Kier molecular flexibility index (Phi) is 5.78. The average molecular weight is 110 g/mol. The number of thioether (sulfide) groups is 1. The van der Waals surface area contributed by atoms with Crippen LogP contribution in [0.3, 0.4) is 0 Å². The second-order valence-corrected chi connectivity index (χ2v) is 2.88.